The molecule has 0 unspecified atom stereocenters. The van der Waals surface area contributed by atoms with Gasteiger partial charge in [0.05, 0.1) is 0 Å². The molecule has 0 nitrogen and oxygen atoms in total. The van der Waals surface area contributed by atoms with E-state index < -0.39 is 0 Å². The Bertz CT molecular complexity index is 15.5. The van der Waals surface area contributed by atoms with Gasteiger partial charge in [-0.15, -0.1) is 7.92 Å². The standard InChI is InChI=1S/C3H9P.Au.ClH/c1-4(2)3;;/h1-3H3;;1H/q;+1;/p-1. The van der Waals surface area contributed by atoms with E-state index in [-0.39, 0.29) is 0 Å². The zero-order valence-corrected chi connectivity index (χ0v) is 7.94. The van der Waals surface area contributed by atoms with E-state index in [0.717, 1.165) is 0 Å². The topological polar surface area (TPSA) is 0 Å². The van der Waals surface area contributed by atoms with Crippen molar-refractivity contribution in [3.05, 3.63) is 0 Å². The molecule has 0 spiro atoms. The molecule has 0 radical (unpaired) electrons. The van der Waals surface area contributed by atoms with Crippen LogP contribution < -0.4 is 0 Å². The maximum absolute atomic E-state index is 4.58. The second kappa shape index (κ2) is 9.68. The first-order valence-electron chi connectivity index (χ1n) is 1.46. The second-order valence-electron chi connectivity index (χ2n) is 1.34. The molecule has 0 heterocycles. The van der Waals surface area contributed by atoms with E-state index in [9.17, 15) is 0 Å². The summed E-state index contributed by atoms with van der Waals surface area (Å²) in [4.78, 5) is 0. The Labute approximate surface area is 57.1 Å². The van der Waals surface area contributed by atoms with Crippen LogP contribution in [0.1, 0.15) is 0 Å². The summed E-state index contributed by atoms with van der Waals surface area (Å²) in [5.41, 5.74) is 0. The molecule has 0 saturated heterocycles. The minimum absolute atomic E-state index is 0.380. The normalized spacial score (nSPS) is 7.17. The average molecular weight is 308 g/mol. The molecule has 44 valence electrons. The first kappa shape index (κ1) is 10.4. The van der Waals surface area contributed by atoms with Crippen LogP contribution in [0.25, 0.3) is 0 Å². The summed E-state index contributed by atoms with van der Waals surface area (Å²) in [5, 5.41) is 0. The Morgan fingerprint density at radius 2 is 1.17 bits per heavy atom. The quantitative estimate of drug-likeness (QED) is 0.475. The zero-order chi connectivity index (χ0) is 5.58. The van der Waals surface area contributed by atoms with E-state index in [1.54, 1.807) is 20.0 Å². The fourth-order valence-corrected chi connectivity index (χ4v) is 0. The third-order valence-electron chi connectivity index (χ3n) is 0. The van der Waals surface area contributed by atoms with Gasteiger partial charge in [-0.2, -0.15) is 0 Å². The summed E-state index contributed by atoms with van der Waals surface area (Å²) in [7, 11) is 4.96. The molecular weight excluding hydrogens is 299 g/mol. The van der Waals surface area contributed by atoms with E-state index in [0.29, 0.717) is 7.92 Å². The molecule has 0 saturated carbocycles. The van der Waals surface area contributed by atoms with Crippen molar-refractivity contribution in [1.82, 2.24) is 0 Å². The van der Waals surface area contributed by atoms with Crippen molar-refractivity contribution in [2.75, 3.05) is 20.0 Å². The van der Waals surface area contributed by atoms with Gasteiger partial charge in [0.1, 0.15) is 0 Å². The van der Waals surface area contributed by atoms with E-state index in [1.165, 1.54) is 0 Å². The Morgan fingerprint density at radius 1 is 1.17 bits per heavy atom. The summed E-state index contributed by atoms with van der Waals surface area (Å²) in [6.45, 7) is 6.69. The Balaban J connectivity index is 0. The summed E-state index contributed by atoms with van der Waals surface area (Å²) >= 11 is 1.75. The fraction of sp³-hybridized carbons (Fsp3) is 1.00. The average Bonchev–Trinajstić information content (AvgIpc) is 1.41. The maximum atomic E-state index is 4.58. The molecule has 0 aliphatic rings. The van der Waals surface area contributed by atoms with Gasteiger partial charge in [0.15, 0.2) is 0 Å². The van der Waals surface area contributed by atoms with Crippen LogP contribution in [0.5, 0.6) is 0 Å². The number of hydrogen-bond acceptors (Lipinski definition) is 0. The van der Waals surface area contributed by atoms with Gasteiger partial charge in [-0.25, -0.2) is 0 Å². The van der Waals surface area contributed by atoms with E-state index in [4.69, 9.17) is 0 Å². The van der Waals surface area contributed by atoms with Gasteiger partial charge in [-0.1, -0.05) is 0 Å². The summed E-state index contributed by atoms with van der Waals surface area (Å²) < 4.78 is 0. The molecule has 0 amide bonds. The predicted molar refractivity (Wildman–Crippen MR) is 30.5 cm³/mol. The van der Waals surface area contributed by atoms with Gasteiger partial charge in [0, 0.05) is 0 Å². The van der Waals surface area contributed by atoms with Crippen molar-refractivity contribution < 1.29 is 20.0 Å². The van der Waals surface area contributed by atoms with Gasteiger partial charge in [-0.05, 0) is 20.0 Å². The van der Waals surface area contributed by atoms with E-state index in [1.807, 2.05) is 0 Å². The van der Waals surface area contributed by atoms with Crippen molar-refractivity contribution >= 4 is 17.1 Å². The van der Waals surface area contributed by atoms with Crippen LogP contribution in [0.15, 0.2) is 0 Å². The van der Waals surface area contributed by atoms with Crippen LogP contribution >= 0.6 is 17.1 Å². The Hall–Kier alpha value is 1.46. The molecule has 0 aromatic rings. The molecule has 0 aromatic carbocycles. The summed E-state index contributed by atoms with van der Waals surface area (Å²) in [6.07, 6.45) is 0. The van der Waals surface area contributed by atoms with Crippen LogP contribution in [-0.2, 0) is 20.0 Å². The molecular formula is C3H9AuClP. The van der Waals surface area contributed by atoms with Crippen LogP contribution in [0.3, 0.4) is 0 Å². The van der Waals surface area contributed by atoms with Crippen molar-refractivity contribution in [3.8, 4) is 0 Å². The molecule has 0 fully saturated rings. The molecule has 0 rings (SSSR count). The molecule has 0 aliphatic carbocycles. The van der Waals surface area contributed by atoms with Crippen LogP contribution in [0.2, 0.25) is 0 Å². The van der Waals surface area contributed by atoms with Crippen molar-refractivity contribution in [2.24, 2.45) is 0 Å². The van der Waals surface area contributed by atoms with Crippen LogP contribution in [-0.4, -0.2) is 20.0 Å². The van der Waals surface area contributed by atoms with Gasteiger partial charge in [0.2, 0.25) is 0 Å². The van der Waals surface area contributed by atoms with Gasteiger partial charge in [0.25, 0.3) is 0 Å². The van der Waals surface area contributed by atoms with Crippen LogP contribution in [0.4, 0.5) is 0 Å². The van der Waals surface area contributed by atoms with Crippen molar-refractivity contribution in [2.45, 2.75) is 0 Å². The Kier molecular flexibility index (Phi) is 16.9. The van der Waals surface area contributed by atoms with E-state index in [2.05, 4.69) is 29.2 Å². The molecule has 0 aliphatic heterocycles. The molecule has 0 N–H and O–H groups in total. The van der Waals surface area contributed by atoms with Crippen molar-refractivity contribution in [3.63, 3.8) is 0 Å². The number of hydrogen-bond donors (Lipinski definition) is 0. The molecule has 0 aromatic heterocycles. The SMILES string of the molecule is CP(C)C.[Cl][Au]. The monoisotopic (exact) mass is 308 g/mol. The molecule has 0 atom stereocenters. The minimum atomic E-state index is 0.380. The summed E-state index contributed by atoms with van der Waals surface area (Å²) in [5.74, 6) is 0. The fourth-order valence-electron chi connectivity index (χ4n) is 0. The molecule has 6 heavy (non-hydrogen) atoms. The predicted octanol–water partition coefficient (Wildman–Crippen LogP) is 2.04. The second-order valence-corrected chi connectivity index (χ2v) is 4.02. The van der Waals surface area contributed by atoms with E-state index >= 15 is 0 Å². The first-order valence-corrected chi connectivity index (χ1v) is 6.82. The van der Waals surface area contributed by atoms with Gasteiger partial charge in [-0.3, -0.25) is 0 Å². The number of rotatable bonds is 0. The third-order valence-corrected chi connectivity index (χ3v) is 0. The Morgan fingerprint density at radius 3 is 1.17 bits per heavy atom. The van der Waals surface area contributed by atoms with Gasteiger partial charge < -0.3 is 0 Å². The summed E-state index contributed by atoms with van der Waals surface area (Å²) in [6, 6.07) is 0. The van der Waals surface area contributed by atoms with Crippen LogP contribution in [0, 0.1) is 0 Å². The number of halogens is 1. The molecule has 0 bridgehead atoms. The first-order chi connectivity index (χ1) is 2.73. The third kappa shape index (κ3) is 50.9. The van der Waals surface area contributed by atoms with Gasteiger partial charge >= 0.3 is 29.2 Å². The van der Waals surface area contributed by atoms with Crippen molar-refractivity contribution in [1.29, 1.82) is 0 Å². The molecule has 3 heteroatoms. The zero-order valence-electron chi connectivity index (χ0n) is 4.13.